The minimum absolute atomic E-state index is 0.0111. The van der Waals surface area contributed by atoms with Crippen LogP contribution in [0, 0.1) is 0 Å². The number of carbonyl (C=O) groups excluding carboxylic acids is 1. The molecule has 25 heavy (non-hydrogen) atoms. The molecular formula is C19H19N3O3. The van der Waals surface area contributed by atoms with Gasteiger partial charge in [-0.15, -0.1) is 0 Å². The van der Waals surface area contributed by atoms with Crippen molar-refractivity contribution in [1.29, 1.82) is 0 Å². The highest BCUT2D eigenvalue weighted by Gasteiger charge is 2.19. The second-order valence-electron chi connectivity index (χ2n) is 5.95. The van der Waals surface area contributed by atoms with Crippen molar-refractivity contribution in [2.75, 3.05) is 11.9 Å². The van der Waals surface area contributed by atoms with Crippen LogP contribution in [-0.2, 0) is 4.79 Å². The molecule has 0 radical (unpaired) electrons. The van der Waals surface area contributed by atoms with E-state index in [1.807, 2.05) is 30.3 Å². The van der Waals surface area contributed by atoms with Crippen molar-refractivity contribution in [2.24, 2.45) is 0 Å². The number of aromatic nitrogens is 2. The van der Waals surface area contributed by atoms with Gasteiger partial charge in [0.15, 0.2) is 5.78 Å². The number of H-pyrrole nitrogens is 1. The summed E-state index contributed by atoms with van der Waals surface area (Å²) in [6.07, 6.45) is -0.0424. The molecule has 2 aromatic carbocycles. The van der Waals surface area contributed by atoms with Crippen LogP contribution in [0.1, 0.15) is 35.4 Å². The number of nitrogens with zero attached hydrogens (tertiary/aromatic N) is 1. The number of aliphatic carboxylic acids is 1. The summed E-state index contributed by atoms with van der Waals surface area (Å²) >= 11 is 0. The lowest BCUT2D eigenvalue weighted by molar-refractivity contribution is -0.137. The monoisotopic (exact) mass is 337 g/mol. The van der Waals surface area contributed by atoms with Crippen LogP contribution < -0.4 is 5.32 Å². The number of hydrogen-bond acceptors (Lipinski definition) is 4. The highest BCUT2D eigenvalue weighted by Crippen LogP contribution is 2.22. The van der Waals surface area contributed by atoms with Gasteiger partial charge in [-0.1, -0.05) is 24.3 Å². The summed E-state index contributed by atoms with van der Waals surface area (Å²) in [4.78, 5) is 30.4. The average Bonchev–Trinajstić information content (AvgIpc) is 3.02. The van der Waals surface area contributed by atoms with Crippen molar-refractivity contribution in [3.05, 3.63) is 59.9 Å². The average molecular weight is 337 g/mol. The molecule has 0 bridgehead atoms. The first-order chi connectivity index (χ1) is 12.0. The molecule has 1 unspecified atom stereocenters. The molecule has 0 amide bonds. The summed E-state index contributed by atoms with van der Waals surface area (Å²) in [7, 11) is 0. The molecule has 0 aliphatic carbocycles. The molecule has 6 nitrogen and oxygen atoms in total. The number of aromatic amines is 1. The molecule has 1 aromatic heterocycles. The van der Waals surface area contributed by atoms with Crippen LogP contribution in [0.3, 0.4) is 0 Å². The Hall–Kier alpha value is -3.15. The first-order valence-electron chi connectivity index (χ1n) is 8.04. The van der Waals surface area contributed by atoms with Crippen LogP contribution in [0.25, 0.3) is 11.0 Å². The molecule has 0 aliphatic rings. The van der Waals surface area contributed by atoms with E-state index in [1.54, 1.807) is 18.2 Å². The molecule has 1 atom stereocenters. The summed E-state index contributed by atoms with van der Waals surface area (Å²) in [5.41, 5.74) is 3.08. The molecule has 6 heteroatoms. The molecule has 0 saturated carbocycles. The lowest BCUT2D eigenvalue weighted by atomic mass is 10.0. The van der Waals surface area contributed by atoms with E-state index >= 15 is 0 Å². The number of rotatable bonds is 7. The molecule has 0 fully saturated rings. The minimum atomic E-state index is -0.884. The quantitative estimate of drug-likeness (QED) is 0.574. The van der Waals surface area contributed by atoms with Crippen LogP contribution >= 0.6 is 0 Å². The van der Waals surface area contributed by atoms with Crippen LogP contribution in [0.4, 0.5) is 5.69 Å². The van der Waals surface area contributed by atoms with E-state index in [1.165, 1.54) is 6.92 Å². The van der Waals surface area contributed by atoms with Crippen molar-refractivity contribution >= 4 is 28.5 Å². The molecule has 0 spiro atoms. The Morgan fingerprint density at radius 2 is 2.00 bits per heavy atom. The second-order valence-corrected chi connectivity index (χ2v) is 5.95. The van der Waals surface area contributed by atoms with Gasteiger partial charge in [0.2, 0.25) is 0 Å². The van der Waals surface area contributed by atoms with Gasteiger partial charge >= 0.3 is 5.97 Å². The van der Waals surface area contributed by atoms with E-state index in [4.69, 9.17) is 0 Å². The summed E-state index contributed by atoms with van der Waals surface area (Å²) in [5.74, 6) is -0.572. The zero-order valence-electron chi connectivity index (χ0n) is 13.8. The Bertz CT molecular complexity index is 884. The number of fused-ring (bicyclic) bond motifs is 1. The van der Waals surface area contributed by atoms with Gasteiger partial charge in [0.1, 0.15) is 5.82 Å². The van der Waals surface area contributed by atoms with Gasteiger partial charge in [0.05, 0.1) is 17.5 Å². The fourth-order valence-corrected chi connectivity index (χ4v) is 2.73. The summed E-state index contributed by atoms with van der Waals surface area (Å²) in [6, 6.07) is 14.8. The Morgan fingerprint density at radius 3 is 2.72 bits per heavy atom. The molecule has 0 aliphatic heterocycles. The van der Waals surface area contributed by atoms with Gasteiger partial charge in [-0.25, -0.2) is 4.98 Å². The summed E-state index contributed by atoms with van der Waals surface area (Å²) < 4.78 is 0. The third-order valence-corrected chi connectivity index (χ3v) is 4.04. The van der Waals surface area contributed by atoms with Gasteiger partial charge in [0, 0.05) is 23.7 Å². The Morgan fingerprint density at radius 1 is 1.20 bits per heavy atom. The van der Waals surface area contributed by atoms with E-state index in [0.29, 0.717) is 17.9 Å². The second kappa shape index (κ2) is 7.17. The number of carbonyl (C=O) groups is 2. The number of anilines is 1. The number of hydrogen-bond donors (Lipinski definition) is 3. The van der Waals surface area contributed by atoms with Gasteiger partial charge in [0.25, 0.3) is 0 Å². The third kappa shape index (κ3) is 4.03. The van der Waals surface area contributed by atoms with Crippen molar-refractivity contribution in [1.82, 2.24) is 9.97 Å². The van der Waals surface area contributed by atoms with Crippen LogP contribution in [0.5, 0.6) is 0 Å². The molecule has 3 rings (SSSR count). The predicted octanol–water partition coefficient (Wildman–Crippen LogP) is 3.44. The molecule has 3 N–H and O–H groups in total. The predicted molar refractivity (Wildman–Crippen MR) is 96.0 cm³/mol. The lowest BCUT2D eigenvalue weighted by Gasteiger charge is -2.15. The van der Waals surface area contributed by atoms with E-state index in [2.05, 4.69) is 15.3 Å². The number of carboxylic acid groups (broad SMARTS) is 1. The Balaban J connectivity index is 1.80. The smallest absolute Gasteiger partial charge is 0.304 e. The Labute approximate surface area is 144 Å². The van der Waals surface area contributed by atoms with Crippen LogP contribution in [0.15, 0.2) is 48.5 Å². The van der Waals surface area contributed by atoms with E-state index in [0.717, 1.165) is 16.7 Å². The van der Waals surface area contributed by atoms with Gasteiger partial charge in [-0.3, -0.25) is 9.59 Å². The Kier molecular flexibility index (Phi) is 4.79. The summed E-state index contributed by atoms with van der Waals surface area (Å²) in [6.45, 7) is 1.91. The maximum absolute atomic E-state index is 11.5. The SMILES string of the molecule is CC(=O)c1cccc(NCC(CC(=O)O)c2nc3ccccc3[nH]2)c1. The number of benzene rings is 2. The number of imidazole rings is 1. The normalized spacial score (nSPS) is 12.0. The topological polar surface area (TPSA) is 95.1 Å². The van der Waals surface area contributed by atoms with Crippen LogP contribution in [0.2, 0.25) is 0 Å². The first-order valence-corrected chi connectivity index (χ1v) is 8.04. The molecule has 1 heterocycles. The number of ketones is 1. The number of para-hydroxylation sites is 2. The van der Waals surface area contributed by atoms with Crippen molar-refractivity contribution < 1.29 is 14.7 Å². The van der Waals surface area contributed by atoms with Gasteiger partial charge in [-0.2, -0.15) is 0 Å². The van der Waals surface area contributed by atoms with Crippen molar-refractivity contribution in [2.45, 2.75) is 19.3 Å². The molecule has 128 valence electrons. The molecule has 0 saturated heterocycles. The fourth-order valence-electron chi connectivity index (χ4n) is 2.73. The van der Waals surface area contributed by atoms with Crippen molar-refractivity contribution in [3.8, 4) is 0 Å². The minimum Gasteiger partial charge on any atom is -0.481 e. The van der Waals surface area contributed by atoms with E-state index in [-0.39, 0.29) is 18.1 Å². The number of carboxylic acids is 1. The third-order valence-electron chi connectivity index (χ3n) is 4.04. The maximum atomic E-state index is 11.5. The van der Waals surface area contributed by atoms with Crippen LogP contribution in [-0.4, -0.2) is 33.4 Å². The van der Waals surface area contributed by atoms with E-state index < -0.39 is 5.97 Å². The van der Waals surface area contributed by atoms with Gasteiger partial charge < -0.3 is 15.4 Å². The van der Waals surface area contributed by atoms with E-state index in [9.17, 15) is 14.7 Å². The van der Waals surface area contributed by atoms with Gasteiger partial charge in [-0.05, 0) is 31.2 Å². The summed E-state index contributed by atoms with van der Waals surface area (Å²) in [5, 5.41) is 12.4. The molecule has 3 aromatic rings. The highest BCUT2D eigenvalue weighted by molar-refractivity contribution is 5.94. The maximum Gasteiger partial charge on any atom is 0.304 e. The highest BCUT2D eigenvalue weighted by atomic mass is 16.4. The fraction of sp³-hybridized carbons (Fsp3) is 0.211. The zero-order valence-corrected chi connectivity index (χ0v) is 13.8. The first kappa shape index (κ1) is 16.7. The molecular weight excluding hydrogens is 318 g/mol. The standard InChI is InChI=1S/C19H19N3O3/c1-12(23)13-5-4-6-15(9-13)20-11-14(10-18(24)25)19-21-16-7-2-3-8-17(16)22-19/h2-9,14,20H,10-11H2,1H3,(H,21,22)(H,24,25). The lowest BCUT2D eigenvalue weighted by Crippen LogP contribution is -2.17. The largest absolute Gasteiger partial charge is 0.481 e. The number of Topliss-reactive ketones (excluding diaryl/α,β-unsaturated/α-hetero) is 1. The number of nitrogens with one attached hydrogen (secondary N) is 2. The van der Waals surface area contributed by atoms with Crippen molar-refractivity contribution in [3.63, 3.8) is 0 Å². The zero-order chi connectivity index (χ0) is 17.8.